The van der Waals surface area contributed by atoms with Crippen molar-refractivity contribution in [1.82, 2.24) is 4.98 Å². The molecule has 96 valence electrons. The summed E-state index contributed by atoms with van der Waals surface area (Å²) in [5, 5.41) is 12.2. The minimum atomic E-state index is -0.344. The van der Waals surface area contributed by atoms with Gasteiger partial charge in [-0.3, -0.25) is 4.79 Å². The van der Waals surface area contributed by atoms with Gasteiger partial charge in [0.25, 0.3) is 5.91 Å². The van der Waals surface area contributed by atoms with Crippen molar-refractivity contribution in [3.05, 3.63) is 39.4 Å². The largest absolute Gasteiger partial charge is 0.375 e. The second kappa shape index (κ2) is 5.26. The Bertz CT molecular complexity index is 690. The van der Waals surface area contributed by atoms with E-state index in [1.807, 2.05) is 6.07 Å². The van der Waals surface area contributed by atoms with Gasteiger partial charge in [0.1, 0.15) is 4.88 Å². The number of carbonyl (C=O) groups excluding carboxylic acids is 1. The Hall–Kier alpha value is -2.10. The number of hydrogen-bond donors (Lipinski definition) is 2. The molecule has 0 aliphatic heterocycles. The van der Waals surface area contributed by atoms with Crippen LogP contribution in [0.3, 0.4) is 0 Å². The van der Waals surface area contributed by atoms with Crippen LogP contribution in [0, 0.1) is 18.3 Å². The zero-order valence-electron chi connectivity index (χ0n) is 9.90. The van der Waals surface area contributed by atoms with Gasteiger partial charge >= 0.3 is 0 Å². The molecule has 0 saturated carbocycles. The third-order valence-electron chi connectivity index (χ3n) is 2.36. The second-order valence-corrected chi connectivity index (χ2v) is 5.17. The lowest BCUT2D eigenvalue weighted by atomic mass is 10.2. The van der Waals surface area contributed by atoms with E-state index in [0.29, 0.717) is 32.0 Å². The fourth-order valence-electron chi connectivity index (χ4n) is 1.50. The number of carbonyl (C=O) groups is 1. The van der Waals surface area contributed by atoms with Crippen LogP contribution >= 0.6 is 22.9 Å². The van der Waals surface area contributed by atoms with E-state index in [2.05, 4.69) is 10.3 Å². The van der Waals surface area contributed by atoms with Crippen LogP contribution in [0.1, 0.15) is 20.9 Å². The first kappa shape index (κ1) is 13.3. The van der Waals surface area contributed by atoms with Gasteiger partial charge in [-0.2, -0.15) is 5.26 Å². The molecule has 3 N–H and O–H groups in total. The molecule has 0 aliphatic rings. The highest BCUT2D eigenvalue weighted by Crippen LogP contribution is 2.25. The van der Waals surface area contributed by atoms with Crippen molar-refractivity contribution in [2.45, 2.75) is 6.92 Å². The van der Waals surface area contributed by atoms with Gasteiger partial charge in [-0.05, 0) is 25.1 Å². The molecule has 2 rings (SSSR count). The van der Waals surface area contributed by atoms with Crippen molar-refractivity contribution in [3.63, 3.8) is 0 Å². The number of thiazole rings is 1. The van der Waals surface area contributed by atoms with E-state index in [0.717, 1.165) is 11.3 Å². The van der Waals surface area contributed by atoms with E-state index >= 15 is 0 Å². The van der Waals surface area contributed by atoms with Gasteiger partial charge in [-0.1, -0.05) is 22.9 Å². The molecule has 0 aliphatic carbocycles. The van der Waals surface area contributed by atoms with Gasteiger partial charge in [-0.15, -0.1) is 0 Å². The molecule has 0 radical (unpaired) electrons. The SMILES string of the molecule is Cc1nc(N)sc1C(=O)Nc1cc(C#N)ccc1Cl. The van der Waals surface area contributed by atoms with Crippen molar-refractivity contribution in [2.75, 3.05) is 11.1 Å². The summed E-state index contributed by atoms with van der Waals surface area (Å²) in [6.07, 6.45) is 0. The predicted octanol–water partition coefficient (Wildman–Crippen LogP) is 2.81. The maximum atomic E-state index is 12.1. The molecule has 1 heterocycles. The Balaban J connectivity index is 2.29. The third kappa shape index (κ3) is 2.84. The summed E-state index contributed by atoms with van der Waals surface area (Å²) in [6.45, 7) is 1.70. The quantitative estimate of drug-likeness (QED) is 0.890. The number of aryl methyl sites for hydroxylation is 1. The molecule has 1 aromatic heterocycles. The monoisotopic (exact) mass is 292 g/mol. The Kier molecular flexibility index (Phi) is 3.69. The average Bonchev–Trinajstić information content (AvgIpc) is 2.71. The lowest BCUT2D eigenvalue weighted by Crippen LogP contribution is -2.12. The standard InChI is InChI=1S/C12H9ClN4OS/c1-6-10(19-12(15)16-6)11(18)17-9-4-7(5-14)2-3-8(9)13/h2-4H,1H3,(H2,15,16)(H,17,18). The highest BCUT2D eigenvalue weighted by Gasteiger charge is 2.15. The molecule has 0 bridgehead atoms. The number of nitrogens with two attached hydrogens (primary N) is 1. The van der Waals surface area contributed by atoms with Crippen LogP contribution in [0.4, 0.5) is 10.8 Å². The summed E-state index contributed by atoms with van der Waals surface area (Å²) < 4.78 is 0. The van der Waals surface area contributed by atoms with Gasteiger partial charge in [0.05, 0.1) is 28.0 Å². The van der Waals surface area contributed by atoms with Gasteiger partial charge in [0, 0.05) is 0 Å². The van der Waals surface area contributed by atoms with Crippen LogP contribution in [-0.4, -0.2) is 10.9 Å². The maximum Gasteiger partial charge on any atom is 0.267 e. The van der Waals surface area contributed by atoms with E-state index in [1.54, 1.807) is 19.1 Å². The zero-order valence-corrected chi connectivity index (χ0v) is 11.5. The zero-order chi connectivity index (χ0) is 14.0. The Morgan fingerprint density at radius 1 is 1.58 bits per heavy atom. The van der Waals surface area contributed by atoms with Crippen molar-refractivity contribution in [2.24, 2.45) is 0 Å². The first-order valence-electron chi connectivity index (χ1n) is 5.25. The molecule has 0 unspecified atom stereocenters. The number of nitriles is 1. The third-order valence-corrected chi connectivity index (χ3v) is 3.68. The van der Waals surface area contributed by atoms with Gasteiger partial charge in [0.2, 0.25) is 0 Å². The predicted molar refractivity (Wildman–Crippen MR) is 75.4 cm³/mol. The normalized spacial score (nSPS) is 9.95. The number of amides is 1. The molecule has 0 saturated heterocycles. The molecule has 0 spiro atoms. The lowest BCUT2D eigenvalue weighted by molar-refractivity contribution is 0.103. The van der Waals surface area contributed by atoms with Gasteiger partial charge in [-0.25, -0.2) is 4.98 Å². The number of nitrogens with zero attached hydrogens (tertiary/aromatic N) is 2. The van der Waals surface area contributed by atoms with Gasteiger partial charge in [0.15, 0.2) is 5.13 Å². The minimum absolute atomic E-state index is 0.333. The number of nitrogen functional groups attached to an aromatic ring is 1. The van der Waals surface area contributed by atoms with Crippen molar-refractivity contribution >= 4 is 39.7 Å². The fourth-order valence-corrected chi connectivity index (χ4v) is 2.39. The van der Waals surface area contributed by atoms with Crippen molar-refractivity contribution in [3.8, 4) is 6.07 Å². The number of rotatable bonds is 2. The molecule has 0 fully saturated rings. The summed E-state index contributed by atoms with van der Waals surface area (Å²) in [5.74, 6) is -0.344. The topological polar surface area (TPSA) is 91.8 Å². The Morgan fingerprint density at radius 3 is 2.89 bits per heavy atom. The van der Waals surface area contributed by atoms with E-state index < -0.39 is 0 Å². The highest BCUT2D eigenvalue weighted by atomic mass is 35.5. The first-order chi connectivity index (χ1) is 9.01. The number of halogens is 1. The van der Waals surface area contributed by atoms with Crippen LogP contribution in [0.15, 0.2) is 18.2 Å². The summed E-state index contributed by atoms with van der Waals surface area (Å²) in [6, 6.07) is 6.63. The molecular formula is C12H9ClN4OS. The van der Waals surface area contributed by atoms with Crippen LogP contribution in [0.2, 0.25) is 5.02 Å². The van der Waals surface area contributed by atoms with E-state index in [4.69, 9.17) is 22.6 Å². The Morgan fingerprint density at radius 2 is 2.32 bits per heavy atom. The number of nitrogens with one attached hydrogen (secondary N) is 1. The lowest BCUT2D eigenvalue weighted by Gasteiger charge is -2.06. The summed E-state index contributed by atoms with van der Waals surface area (Å²) in [5.41, 5.74) is 6.91. The number of hydrogen-bond acceptors (Lipinski definition) is 5. The van der Waals surface area contributed by atoms with Crippen LogP contribution in [0.25, 0.3) is 0 Å². The number of anilines is 2. The number of aromatic nitrogens is 1. The average molecular weight is 293 g/mol. The van der Waals surface area contributed by atoms with E-state index in [1.165, 1.54) is 6.07 Å². The first-order valence-corrected chi connectivity index (χ1v) is 6.44. The van der Waals surface area contributed by atoms with E-state index in [9.17, 15) is 4.79 Å². The Labute approximate surface area is 118 Å². The molecule has 7 heteroatoms. The molecule has 1 amide bonds. The molecule has 19 heavy (non-hydrogen) atoms. The molecule has 2 aromatic rings. The van der Waals surface area contributed by atoms with Crippen LogP contribution in [-0.2, 0) is 0 Å². The second-order valence-electron chi connectivity index (χ2n) is 3.73. The maximum absolute atomic E-state index is 12.1. The molecular weight excluding hydrogens is 284 g/mol. The molecule has 0 atom stereocenters. The van der Waals surface area contributed by atoms with Gasteiger partial charge < -0.3 is 11.1 Å². The molecule has 5 nitrogen and oxygen atoms in total. The summed E-state index contributed by atoms with van der Waals surface area (Å²) in [4.78, 5) is 16.5. The fraction of sp³-hybridized carbons (Fsp3) is 0.0833. The summed E-state index contributed by atoms with van der Waals surface area (Å²) >= 11 is 7.07. The van der Waals surface area contributed by atoms with Crippen molar-refractivity contribution in [1.29, 1.82) is 5.26 Å². The van der Waals surface area contributed by atoms with Crippen molar-refractivity contribution < 1.29 is 4.79 Å². The van der Waals surface area contributed by atoms with Crippen LogP contribution < -0.4 is 11.1 Å². The van der Waals surface area contributed by atoms with E-state index in [-0.39, 0.29) is 5.91 Å². The summed E-state index contributed by atoms with van der Waals surface area (Å²) in [7, 11) is 0. The van der Waals surface area contributed by atoms with Crippen LogP contribution in [0.5, 0.6) is 0 Å². The highest BCUT2D eigenvalue weighted by molar-refractivity contribution is 7.17. The smallest absolute Gasteiger partial charge is 0.267 e. The molecule has 1 aromatic carbocycles. The minimum Gasteiger partial charge on any atom is -0.375 e. The number of benzene rings is 1.